The third kappa shape index (κ3) is 4.04. The summed E-state index contributed by atoms with van der Waals surface area (Å²) in [7, 11) is 0. The first-order valence-electron chi connectivity index (χ1n) is 8.43. The van der Waals surface area contributed by atoms with E-state index in [0.29, 0.717) is 16.5 Å². The number of nitrogens with zero attached hydrogens (tertiary/aromatic N) is 2. The second-order valence-corrected chi connectivity index (χ2v) is 6.02. The number of nitrogens with two attached hydrogens (primary N) is 1. The molecule has 0 aliphatic rings. The minimum Gasteiger partial charge on any atom is -0.396 e. The highest BCUT2D eigenvalue weighted by Gasteiger charge is 2.25. The number of hydrogen-bond donors (Lipinski definition) is 2. The Balaban J connectivity index is 2.23. The first kappa shape index (κ1) is 20.3. The highest BCUT2D eigenvalue weighted by Crippen LogP contribution is 2.33. The van der Waals surface area contributed by atoms with Crippen molar-refractivity contribution in [3.63, 3.8) is 0 Å². The molecule has 29 heavy (non-hydrogen) atoms. The third-order valence-corrected chi connectivity index (χ3v) is 4.14. The lowest BCUT2D eigenvalue weighted by Gasteiger charge is -2.22. The number of primary amides is 1. The van der Waals surface area contributed by atoms with Gasteiger partial charge in [-0.3, -0.25) is 0 Å². The van der Waals surface area contributed by atoms with Crippen molar-refractivity contribution >= 4 is 17.5 Å². The van der Waals surface area contributed by atoms with E-state index in [9.17, 15) is 27.5 Å². The van der Waals surface area contributed by atoms with E-state index in [-0.39, 0.29) is 30.1 Å². The number of aromatic nitrogens is 1. The molecule has 3 rings (SSSR count). The molecule has 0 saturated heterocycles. The lowest BCUT2D eigenvalue weighted by Crippen LogP contribution is -2.33. The Bertz CT molecular complexity index is 1060. The van der Waals surface area contributed by atoms with Crippen LogP contribution < -0.4 is 10.6 Å². The van der Waals surface area contributed by atoms with Crippen LogP contribution in [0.4, 0.5) is 33.9 Å². The summed E-state index contributed by atoms with van der Waals surface area (Å²) in [5.74, 6) is -4.13. The lowest BCUT2D eigenvalue weighted by molar-refractivity contribution is 0.255. The topological polar surface area (TPSA) is 79.5 Å². The average Bonchev–Trinajstić information content (AvgIpc) is 2.65. The van der Waals surface area contributed by atoms with E-state index in [4.69, 9.17) is 5.73 Å². The van der Waals surface area contributed by atoms with E-state index in [0.717, 1.165) is 30.3 Å². The number of halogens is 4. The number of benzene rings is 2. The van der Waals surface area contributed by atoms with E-state index in [2.05, 4.69) is 4.98 Å². The summed E-state index contributed by atoms with van der Waals surface area (Å²) in [6.45, 7) is -0.293. The monoisotopic (exact) mass is 405 g/mol. The summed E-state index contributed by atoms with van der Waals surface area (Å²) >= 11 is 0. The maximum Gasteiger partial charge on any atom is 0.325 e. The van der Waals surface area contributed by atoms with Crippen molar-refractivity contribution in [3.05, 3.63) is 77.4 Å². The van der Waals surface area contributed by atoms with Crippen molar-refractivity contribution in [1.29, 1.82) is 0 Å². The van der Waals surface area contributed by atoms with Crippen LogP contribution in [0.25, 0.3) is 11.3 Å². The number of carbonyl (C=O) groups is 1. The quantitative estimate of drug-likeness (QED) is 0.629. The van der Waals surface area contributed by atoms with Gasteiger partial charge in [0, 0.05) is 18.2 Å². The number of carbonyl (C=O) groups excluding carboxylic acids is 1. The molecule has 2 aromatic carbocycles. The predicted molar refractivity (Wildman–Crippen MR) is 98.5 cm³/mol. The minimum absolute atomic E-state index is 0.0305. The Morgan fingerprint density at radius 2 is 1.69 bits per heavy atom. The number of amides is 2. The second-order valence-electron chi connectivity index (χ2n) is 6.02. The van der Waals surface area contributed by atoms with Gasteiger partial charge < -0.3 is 10.8 Å². The molecule has 1 heterocycles. The number of pyridine rings is 1. The molecule has 0 unspecified atom stereocenters. The summed E-state index contributed by atoms with van der Waals surface area (Å²) in [4.78, 5) is 16.6. The molecule has 5 nitrogen and oxygen atoms in total. The number of aliphatic hydroxyl groups excluding tert-OH is 1. The van der Waals surface area contributed by atoms with Gasteiger partial charge in [-0.15, -0.1) is 0 Å². The fourth-order valence-corrected chi connectivity index (χ4v) is 2.88. The van der Waals surface area contributed by atoms with Gasteiger partial charge in [0.05, 0.1) is 5.69 Å². The molecule has 0 aliphatic heterocycles. The van der Waals surface area contributed by atoms with Gasteiger partial charge in [-0.2, -0.15) is 0 Å². The summed E-state index contributed by atoms with van der Waals surface area (Å²) < 4.78 is 56.1. The van der Waals surface area contributed by atoms with Gasteiger partial charge in [0.15, 0.2) is 0 Å². The van der Waals surface area contributed by atoms with Crippen LogP contribution in [0.5, 0.6) is 0 Å². The van der Waals surface area contributed by atoms with Crippen molar-refractivity contribution in [3.8, 4) is 11.3 Å². The van der Waals surface area contributed by atoms with Gasteiger partial charge >= 0.3 is 6.03 Å². The Hall–Kier alpha value is -3.46. The largest absolute Gasteiger partial charge is 0.396 e. The molecule has 0 fully saturated rings. The number of anilines is 2. The van der Waals surface area contributed by atoms with Gasteiger partial charge in [0.2, 0.25) is 0 Å². The molecule has 2 amide bonds. The normalized spacial score (nSPS) is 10.8. The molecule has 0 bridgehead atoms. The number of rotatable bonds is 5. The molecular formula is C20H15F4N3O2. The van der Waals surface area contributed by atoms with Gasteiger partial charge in [0.25, 0.3) is 0 Å². The van der Waals surface area contributed by atoms with Crippen molar-refractivity contribution in [1.82, 2.24) is 4.98 Å². The molecule has 0 aliphatic carbocycles. The van der Waals surface area contributed by atoms with Crippen LogP contribution in [0.2, 0.25) is 0 Å². The van der Waals surface area contributed by atoms with Gasteiger partial charge in [-0.1, -0.05) is 12.1 Å². The Kier molecular flexibility index (Phi) is 5.79. The standard InChI is InChI=1S/C20H15F4N3O2/c21-12-5-6-13(16(24)10-12)18-11(8-9-28)4-7-17(26-18)27(20(25)29)19-14(22)2-1-3-15(19)23/h1-7,10,28H,8-9H2,(H2,25,29). The minimum atomic E-state index is -1.22. The fraction of sp³-hybridized carbons (Fsp3) is 0.100. The van der Waals surface area contributed by atoms with Crippen LogP contribution in [-0.4, -0.2) is 22.7 Å². The third-order valence-electron chi connectivity index (χ3n) is 4.14. The fourth-order valence-electron chi connectivity index (χ4n) is 2.88. The zero-order valence-corrected chi connectivity index (χ0v) is 14.9. The second kappa shape index (κ2) is 8.27. The number of aliphatic hydroxyl groups is 1. The van der Waals surface area contributed by atoms with Crippen molar-refractivity contribution in [2.24, 2.45) is 5.73 Å². The lowest BCUT2D eigenvalue weighted by atomic mass is 10.0. The molecule has 0 spiro atoms. The number of hydrogen-bond acceptors (Lipinski definition) is 3. The van der Waals surface area contributed by atoms with Crippen LogP contribution in [0.1, 0.15) is 5.56 Å². The van der Waals surface area contributed by atoms with Crippen LogP contribution in [0.15, 0.2) is 48.5 Å². The molecule has 3 N–H and O–H groups in total. The van der Waals surface area contributed by atoms with Crippen molar-refractivity contribution in [2.75, 3.05) is 11.5 Å². The van der Waals surface area contributed by atoms with Crippen LogP contribution in [-0.2, 0) is 6.42 Å². The van der Waals surface area contributed by atoms with Crippen molar-refractivity contribution < 1.29 is 27.5 Å². The summed E-state index contributed by atoms with van der Waals surface area (Å²) in [6.07, 6.45) is 0.0735. The smallest absolute Gasteiger partial charge is 0.325 e. The van der Waals surface area contributed by atoms with Crippen molar-refractivity contribution in [2.45, 2.75) is 6.42 Å². The maximum atomic E-state index is 14.3. The Morgan fingerprint density at radius 3 is 2.28 bits per heavy atom. The molecule has 1 aromatic heterocycles. The highest BCUT2D eigenvalue weighted by molar-refractivity contribution is 5.98. The van der Waals surface area contributed by atoms with E-state index < -0.39 is 35.0 Å². The highest BCUT2D eigenvalue weighted by atomic mass is 19.1. The zero-order valence-electron chi connectivity index (χ0n) is 14.9. The Labute approximate surface area is 163 Å². The first-order valence-corrected chi connectivity index (χ1v) is 8.43. The van der Waals surface area contributed by atoms with E-state index in [1.165, 1.54) is 12.1 Å². The summed E-state index contributed by atoms with van der Waals surface area (Å²) in [6, 6.07) is 7.23. The van der Waals surface area contributed by atoms with Crippen LogP contribution in [0, 0.1) is 23.3 Å². The molecule has 0 atom stereocenters. The molecule has 0 saturated carbocycles. The summed E-state index contributed by atoms with van der Waals surface area (Å²) in [5, 5.41) is 9.26. The molecular weight excluding hydrogens is 390 g/mol. The number of urea groups is 1. The molecule has 0 radical (unpaired) electrons. The predicted octanol–water partition coefficient (Wildman–Crippen LogP) is 4.06. The van der Waals surface area contributed by atoms with Gasteiger partial charge in [-0.25, -0.2) is 32.2 Å². The van der Waals surface area contributed by atoms with Crippen LogP contribution in [0.3, 0.4) is 0 Å². The van der Waals surface area contributed by atoms with Gasteiger partial charge in [-0.05, 0) is 42.3 Å². The summed E-state index contributed by atoms with van der Waals surface area (Å²) in [5.41, 5.74) is 4.81. The average molecular weight is 405 g/mol. The molecule has 3 aromatic rings. The number of para-hydroxylation sites is 1. The van der Waals surface area contributed by atoms with Crippen LogP contribution >= 0.6 is 0 Å². The van der Waals surface area contributed by atoms with E-state index in [1.54, 1.807) is 0 Å². The van der Waals surface area contributed by atoms with Gasteiger partial charge in [0.1, 0.15) is 34.8 Å². The van der Waals surface area contributed by atoms with E-state index in [1.807, 2.05) is 0 Å². The molecule has 9 heteroatoms. The first-order chi connectivity index (χ1) is 13.8. The molecule has 150 valence electrons. The SMILES string of the molecule is NC(=O)N(c1ccc(CCO)c(-c2ccc(F)cc2F)n1)c1c(F)cccc1F. The maximum absolute atomic E-state index is 14.3. The van der Waals surface area contributed by atoms with E-state index >= 15 is 0 Å². The zero-order chi connectivity index (χ0) is 21.1. The Morgan fingerprint density at radius 1 is 1.00 bits per heavy atom.